The van der Waals surface area contributed by atoms with Gasteiger partial charge in [0.15, 0.2) is 0 Å². The SMILES string of the molecule is CC(C)C[C@H](NC(=O)[C@@H](N)CC(N)=O)C(=O)N[C@@H](Cc1ccc(O)cc1)C(=O)N[C@@H](CCC(N)=O)C(=O)N[C@@H](Cc1ccccc1)C(=O)O. The highest BCUT2D eigenvalue weighted by molar-refractivity contribution is 5.96. The highest BCUT2D eigenvalue weighted by Crippen LogP contribution is 2.13. The van der Waals surface area contributed by atoms with Gasteiger partial charge in [0, 0.05) is 19.3 Å². The molecule has 0 bridgehead atoms. The molecule has 2 aromatic carbocycles. The van der Waals surface area contributed by atoms with Gasteiger partial charge in [-0.1, -0.05) is 56.3 Å². The lowest BCUT2D eigenvalue weighted by Gasteiger charge is -2.27. The molecule has 49 heavy (non-hydrogen) atoms. The molecule has 0 aliphatic heterocycles. The molecule has 0 saturated heterocycles. The zero-order chi connectivity index (χ0) is 36.7. The second-order valence-corrected chi connectivity index (χ2v) is 12.1. The van der Waals surface area contributed by atoms with Crippen LogP contribution >= 0.6 is 0 Å². The molecule has 0 saturated carbocycles. The van der Waals surface area contributed by atoms with Crippen molar-refractivity contribution < 1.29 is 43.8 Å². The highest BCUT2D eigenvalue weighted by Gasteiger charge is 2.32. The molecule has 0 fully saturated rings. The summed E-state index contributed by atoms with van der Waals surface area (Å²) < 4.78 is 0. The minimum Gasteiger partial charge on any atom is -0.508 e. The zero-order valence-corrected chi connectivity index (χ0v) is 27.4. The summed E-state index contributed by atoms with van der Waals surface area (Å²) in [5.41, 5.74) is 17.3. The Bertz CT molecular complexity index is 1470. The van der Waals surface area contributed by atoms with E-state index in [1.54, 1.807) is 44.2 Å². The maximum Gasteiger partial charge on any atom is 0.326 e. The van der Waals surface area contributed by atoms with Crippen LogP contribution in [0.3, 0.4) is 0 Å². The van der Waals surface area contributed by atoms with Crippen LogP contribution in [0.5, 0.6) is 5.75 Å². The van der Waals surface area contributed by atoms with Crippen molar-refractivity contribution in [3.05, 3.63) is 65.7 Å². The number of aromatic hydroxyl groups is 1. The Labute approximate surface area is 283 Å². The molecule has 2 aromatic rings. The number of nitrogens with two attached hydrogens (primary N) is 3. The molecule has 0 unspecified atom stereocenters. The van der Waals surface area contributed by atoms with E-state index in [0.717, 1.165) is 0 Å². The molecule has 12 N–H and O–H groups in total. The third kappa shape index (κ3) is 14.4. The maximum atomic E-state index is 13.8. The molecule has 2 rings (SSSR count). The fraction of sp³-hybridized carbons (Fsp3) is 0.424. The Kier molecular flexibility index (Phi) is 15.7. The number of benzene rings is 2. The van der Waals surface area contributed by atoms with Gasteiger partial charge in [0.05, 0.1) is 12.5 Å². The zero-order valence-electron chi connectivity index (χ0n) is 27.4. The lowest BCUT2D eigenvalue weighted by Crippen LogP contribution is -2.59. The summed E-state index contributed by atoms with van der Waals surface area (Å²) in [4.78, 5) is 88.3. The quantitative estimate of drug-likeness (QED) is 0.0796. The van der Waals surface area contributed by atoms with Crippen LogP contribution < -0.4 is 38.5 Å². The molecule has 0 radical (unpaired) electrons. The van der Waals surface area contributed by atoms with E-state index >= 15 is 0 Å². The second kappa shape index (κ2) is 19.3. The predicted octanol–water partition coefficient (Wildman–Crippen LogP) is -1.28. The van der Waals surface area contributed by atoms with Crippen molar-refractivity contribution >= 4 is 41.4 Å². The van der Waals surface area contributed by atoms with E-state index in [2.05, 4.69) is 21.3 Å². The molecular formula is C33H45N7O9. The van der Waals surface area contributed by atoms with Gasteiger partial charge in [-0.25, -0.2) is 4.79 Å². The summed E-state index contributed by atoms with van der Waals surface area (Å²) in [6.45, 7) is 3.58. The molecule has 16 heteroatoms. The first-order valence-corrected chi connectivity index (χ1v) is 15.6. The summed E-state index contributed by atoms with van der Waals surface area (Å²) in [7, 11) is 0. The Morgan fingerprint density at radius 2 is 1.14 bits per heavy atom. The number of nitrogens with one attached hydrogen (secondary N) is 4. The number of amides is 6. The largest absolute Gasteiger partial charge is 0.508 e. The second-order valence-electron chi connectivity index (χ2n) is 12.1. The number of hydrogen-bond donors (Lipinski definition) is 9. The lowest BCUT2D eigenvalue weighted by atomic mass is 10.00. The molecule has 6 amide bonds. The minimum atomic E-state index is -1.44. The van der Waals surface area contributed by atoms with Crippen molar-refractivity contribution in [1.82, 2.24) is 21.3 Å². The number of carboxylic acid groups (broad SMARTS) is 1. The molecule has 266 valence electrons. The maximum absolute atomic E-state index is 13.8. The first-order valence-electron chi connectivity index (χ1n) is 15.6. The van der Waals surface area contributed by atoms with E-state index in [4.69, 9.17) is 17.2 Å². The summed E-state index contributed by atoms with van der Waals surface area (Å²) in [5, 5.41) is 29.5. The van der Waals surface area contributed by atoms with Crippen LogP contribution in [0.2, 0.25) is 0 Å². The number of rotatable bonds is 20. The van der Waals surface area contributed by atoms with Crippen molar-refractivity contribution in [3.8, 4) is 5.75 Å². The normalized spacial score (nSPS) is 14.0. The van der Waals surface area contributed by atoms with Gasteiger partial charge in [-0.3, -0.25) is 28.8 Å². The van der Waals surface area contributed by atoms with Gasteiger partial charge in [-0.15, -0.1) is 0 Å². The van der Waals surface area contributed by atoms with E-state index < -0.39 is 78.0 Å². The fourth-order valence-electron chi connectivity index (χ4n) is 4.79. The van der Waals surface area contributed by atoms with Gasteiger partial charge < -0.3 is 48.7 Å². The third-order valence-corrected chi connectivity index (χ3v) is 7.32. The summed E-state index contributed by atoms with van der Waals surface area (Å²) in [6.07, 6.45) is -1.17. The Morgan fingerprint density at radius 1 is 0.653 bits per heavy atom. The van der Waals surface area contributed by atoms with Gasteiger partial charge in [-0.2, -0.15) is 0 Å². The van der Waals surface area contributed by atoms with Gasteiger partial charge in [0.2, 0.25) is 35.4 Å². The van der Waals surface area contributed by atoms with Crippen molar-refractivity contribution in [3.63, 3.8) is 0 Å². The number of carboxylic acids is 1. The van der Waals surface area contributed by atoms with Crippen LogP contribution in [0.25, 0.3) is 0 Å². The third-order valence-electron chi connectivity index (χ3n) is 7.32. The number of carbonyl (C=O) groups excluding carboxylic acids is 6. The van der Waals surface area contributed by atoms with E-state index in [-0.39, 0.29) is 43.8 Å². The van der Waals surface area contributed by atoms with Gasteiger partial charge in [0.25, 0.3) is 0 Å². The van der Waals surface area contributed by atoms with E-state index in [1.807, 2.05) is 0 Å². The first kappa shape index (κ1) is 39.7. The average molecular weight is 684 g/mol. The molecule has 0 aliphatic carbocycles. The average Bonchev–Trinajstić information content (AvgIpc) is 3.02. The van der Waals surface area contributed by atoms with Crippen LogP contribution in [0.15, 0.2) is 54.6 Å². The minimum absolute atomic E-state index is 0.0486. The first-order chi connectivity index (χ1) is 23.0. The van der Waals surface area contributed by atoms with E-state index in [0.29, 0.717) is 11.1 Å². The van der Waals surface area contributed by atoms with Crippen molar-refractivity contribution in [1.29, 1.82) is 0 Å². The summed E-state index contributed by atoms with van der Waals surface area (Å²) in [5.74, 6) is -6.46. The number of hydrogen-bond acceptors (Lipinski definition) is 9. The monoisotopic (exact) mass is 683 g/mol. The molecule has 0 aliphatic rings. The summed E-state index contributed by atoms with van der Waals surface area (Å²) >= 11 is 0. The number of aliphatic carboxylic acids is 1. The number of primary amides is 2. The van der Waals surface area contributed by atoms with Crippen molar-refractivity contribution in [2.75, 3.05) is 0 Å². The van der Waals surface area contributed by atoms with Crippen LogP contribution in [0.4, 0.5) is 0 Å². The van der Waals surface area contributed by atoms with Crippen LogP contribution in [-0.4, -0.2) is 81.8 Å². The van der Waals surface area contributed by atoms with Crippen LogP contribution in [0, 0.1) is 5.92 Å². The lowest BCUT2D eigenvalue weighted by molar-refractivity contribution is -0.142. The molecule has 5 atom stereocenters. The van der Waals surface area contributed by atoms with Crippen LogP contribution in [0.1, 0.15) is 50.7 Å². The molecule has 0 heterocycles. The van der Waals surface area contributed by atoms with Gasteiger partial charge in [-0.05, 0) is 42.0 Å². The fourth-order valence-corrected chi connectivity index (χ4v) is 4.79. The number of carbonyl (C=O) groups is 7. The van der Waals surface area contributed by atoms with E-state index in [9.17, 15) is 43.8 Å². The van der Waals surface area contributed by atoms with Crippen molar-refractivity contribution in [2.45, 2.75) is 82.6 Å². The molecule has 0 spiro atoms. The topological polar surface area (TPSA) is 286 Å². The van der Waals surface area contributed by atoms with Gasteiger partial charge >= 0.3 is 5.97 Å². The Balaban J connectivity index is 2.36. The smallest absolute Gasteiger partial charge is 0.326 e. The Hall–Kier alpha value is -5.51. The predicted molar refractivity (Wildman–Crippen MR) is 177 cm³/mol. The van der Waals surface area contributed by atoms with Crippen molar-refractivity contribution in [2.24, 2.45) is 23.1 Å². The van der Waals surface area contributed by atoms with Gasteiger partial charge in [0.1, 0.15) is 29.9 Å². The Morgan fingerprint density at radius 3 is 1.69 bits per heavy atom. The number of phenolic OH excluding ortho intramolecular Hbond substituents is 1. The van der Waals surface area contributed by atoms with Crippen LogP contribution in [-0.2, 0) is 46.4 Å². The standard InChI is InChI=1S/C33H45N7O9/c1-18(2)14-24(38-29(44)22(34)17-28(36)43)31(46)39-25(15-20-8-10-21(41)11-9-20)32(47)37-23(12-13-27(35)42)30(45)40-26(33(48)49)16-19-6-4-3-5-7-19/h3-11,18,22-26,41H,12-17,34H2,1-2H3,(H2,35,42)(H2,36,43)(H,37,47)(H,38,44)(H,39,46)(H,40,45)(H,48,49)/t22-,23-,24-,25-,26-/m0/s1. The highest BCUT2D eigenvalue weighted by atomic mass is 16.4. The summed E-state index contributed by atoms with van der Waals surface area (Å²) in [6, 6.07) is 7.61. The molecule has 0 aromatic heterocycles. The molecule has 16 nitrogen and oxygen atoms in total. The molecular weight excluding hydrogens is 638 g/mol. The van der Waals surface area contributed by atoms with E-state index in [1.165, 1.54) is 24.3 Å². The number of phenols is 1.